The average Bonchev–Trinajstić information content (AvgIpc) is 2.91. The largest absolute Gasteiger partial charge is 0.459 e. The van der Waals surface area contributed by atoms with Crippen LogP contribution in [-0.2, 0) is 32.1 Å². The van der Waals surface area contributed by atoms with Crippen molar-refractivity contribution in [2.45, 2.75) is 77.4 Å². The lowest BCUT2D eigenvalue weighted by Gasteiger charge is -2.27. The summed E-state index contributed by atoms with van der Waals surface area (Å²) in [7, 11) is 0. The van der Waals surface area contributed by atoms with Crippen molar-refractivity contribution in [2.75, 3.05) is 0 Å². The fraction of sp³-hybridized carbons (Fsp3) is 0.433. The summed E-state index contributed by atoms with van der Waals surface area (Å²) in [6.45, 7) is 5.69. The van der Waals surface area contributed by atoms with Gasteiger partial charge in [0, 0.05) is 6.08 Å². The summed E-state index contributed by atoms with van der Waals surface area (Å²) in [6, 6.07) is 14.6. The van der Waals surface area contributed by atoms with Crippen molar-refractivity contribution in [3.8, 4) is 5.75 Å². The van der Waals surface area contributed by atoms with Gasteiger partial charge >= 0.3 is 17.9 Å². The molecule has 0 heterocycles. The number of hydrogen-bond acceptors (Lipinski definition) is 6. The molecule has 6 heteroatoms. The van der Waals surface area contributed by atoms with E-state index in [4.69, 9.17) is 14.2 Å². The van der Waals surface area contributed by atoms with Gasteiger partial charge in [0.05, 0.1) is 11.5 Å². The molecule has 0 radical (unpaired) electrons. The number of carbonyl (C=O) groups is 3. The van der Waals surface area contributed by atoms with Gasteiger partial charge in [0.1, 0.15) is 18.5 Å². The summed E-state index contributed by atoms with van der Waals surface area (Å²) in [5.41, 5.74) is 2.60. The minimum Gasteiger partial charge on any atom is -0.459 e. The molecule has 0 N–H and O–H groups in total. The Balaban J connectivity index is 1.39. The van der Waals surface area contributed by atoms with Crippen LogP contribution in [0.1, 0.15) is 79.8 Å². The Bertz CT molecular complexity index is 1000. The molecule has 1 saturated carbocycles. The molecule has 0 aromatic heterocycles. The number of aryl methyl sites for hydroxylation is 1. The predicted molar refractivity (Wildman–Crippen MR) is 138 cm³/mol. The summed E-state index contributed by atoms with van der Waals surface area (Å²) in [6.07, 6.45) is 9.33. The Labute approximate surface area is 213 Å². The molecule has 0 amide bonds. The first-order valence-electron chi connectivity index (χ1n) is 12.9. The average molecular weight is 493 g/mol. The number of benzene rings is 2. The minimum atomic E-state index is -0.488. The van der Waals surface area contributed by atoms with Gasteiger partial charge in [0.25, 0.3) is 0 Å². The molecule has 2 aromatic rings. The third-order valence-electron chi connectivity index (χ3n) is 6.48. The third kappa shape index (κ3) is 8.67. The van der Waals surface area contributed by atoms with E-state index in [2.05, 4.69) is 13.5 Å². The molecule has 2 aromatic carbocycles. The molecular weight excluding hydrogens is 456 g/mol. The third-order valence-corrected chi connectivity index (χ3v) is 6.48. The highest BCUT2D eigenvalue weighted by Crippen LogP contribution is 2.28. The van der Waals surface area contributed by atoms with Gasteiger partial charge < -0.3 is 14.2 Å². The Kier molecular flexibility index (Phi) is 10.7. The molecule has 0 aliphatic heterocycles. The molecule has 1 aliphatic carbocycles. The molecule has 0 bridgehead atoms. The quantitative estimate of drug-likeness (QED) is 0.148. The Hall–Kier alpha value is -3.41. The molecule has 0 saturated heterocycles. The van der Waals surface area contributed by atoms with Crippen LogP contribution >= 0.6 is 0 Å². The summed E-state index contributed by atoms with van der Waals surface area (Å²) in [4.78, 5) is 36.3. The van der Waals surface area contributed by atoms with Crippen molar-refractivity contribution in [2.24, 2.45) is 5.92 Å². The van der Waals surface area contributed by atoms with E-state index in [9.17, 15) is 14.4 Å². The van der Waals surface area contributed by atoms with Gasteiger partial charge in [-0.1, -0.05) is 57.0 Å². The second-order valence-electron chi connectivity index (χ2n) is 9.26. The van der Waals surface area contributed by atoms with E-state index in [0.29, 0.717) is 37.0 Å². The lowest BCUT2D eigenvalue weighted by Crippen LogP contribution is -2.30. The second-order valence-corrected chi connectivity index (χ2v) is 9.26. The van der Waals surface area contributed by atoms with Gasteiger partial charge in [-0.15, -0.1) is 0 Å². The monoisotopic (exact) mass is 492 g/mol. The number of unbranched alkanes of at least 4 members (excludes halogenated alkanes) is 3. The molecule has 0 unspecified atom stereocenters. The van der Waals surface area contributed by atoms with Crippen molar-refractivity contribution < 1.29 is 28.6 Å². The molecule has 6 nitrogen and oxygen atoms in total. The zero-order valence-corrected chi connectivity index (χ0v) is 21.1. The van der Waals surface area contributed by atoms with Gasteiger partial charge in [-0.2, -0.15) is 0 Å². The highest BCUT2D eigenvalue weighted by molar-refractivity contribution is 5.89. The highest BCUT2D eigenvalue weighted by atomic mass is 16.5. The molecule has 3 rings (SSSR count). The zero-order valence-electron chi connectivity index (χ0n) is 21.1. The fourth-order valence-corrected chi connectivity index (χ4v) is 4.27. The number of rotatable bonds is 12. The maximum Gasteiger partial charge on any atom is 0.338 e. The van der Waals surface area contributed by atoms with Gasteiger partial charge in [0.15, 0.2) is 0 Å². The smallest absolute Gasteiger partial charge is 0.338 e. The SMILES string of the molecule is C=CC(=O)OCc1ccc(OC(=O)C2CCC(OC(=O)c3ccc(CCCCCC)cc3)CC2)cc1. The Morgan fingerprint density at radius 1 is 0.889 bits per heavy atom. The van der Waals surface area contributed by atoms with E-state index in [0.717, 1.165) is 18.1 Å². The Morgan fingerprint density at radius 2 is 1.56 bits per heavy atom. The lowest BCUT2D eigenvalue weighted by molar-refractivity contribution is -0.141. The van der Waals surface area contributed by atoms with Crippen molar-refractivity contribution in [3.05, 3.63) is 77.9 Å². The molecule has 192 valence electrons. The maximum absolute atomic E-state index is 12.6. The van der Waals surface area contributed by atoms with Gasteiger partial charge in [0.2, 0.25) is 0 Å². The molecule has 36 heavy (non-hydrogen) atoms. The summed E-state index contributed by atoms with van der Waals surface area (Å²) in [5.74, 6) is -0.850. The van der Waals surface area contributed by atoms with Crippen molar-refractivity contribution in [1.82, 2.24) is 0 Å². The number of ether oxygens (including phenoxy) is 3. The van der Waals surface area contributed by atoms with E-state index in [1.807, 2.05) is 24.3 Å². The van der Waals surface area contributed by atoms with Crippen LogP contribution in [0, 0.1) is 5.92 Å². The topological polar surface area (TPSA) is 78.9 Å². The van der Waals surface area contributed by atoms with Crippen molar-refractivity contribution in [1.29, 1.82) is 0 Å². The van der Waals surface area contributed by atoms with Crippen LogP contribution in [0.25, 0.3) is 0 Å². The fourth-order valence-electron chi connectivity index (χ4n) is 4.27. The normalized spacial score (nSPS) is 17.1. The van der Waals surface area contributed by atoms with Crippen LogP contribution in [0.2, 0.25) is 0 Å². The zero-order chi connectivity index (χ0) is 25.8. The van der Waals surface area contributed by atoms with Crippen LogP contribution in [0.3, 0.4) is 0 Å². The maximum atomic E-state index is 12.6. The van der Waals surface area contributed by atoms with Gasteiger partial charge in [-0.25, -0.2) is 9.59 Å². The van der Waals surface area contributed by atoms with E-state index in [-0.39, 0.29) is 30.6 Å². The minimum absolute atomic E-state index is 0.130. The van der Waals surface area contributed by atoms with E-state index in [1.54, 1.807) is 24.3 Å². The lowest BCUT2D eigenvalue weighted by atomic mass is 9.87. The molecule has 0 spiro atoms. The number of hydrogen-bond donors (Lipinski definition) is 0. The van der Waals surface area contributed by atoms with E-state index < -0.39 is 5.97 Å². The van der Waals surface area contributed by atoms with Crippen molar-refractivity contribution >= 4 is 17.9 Å². The van der Waals surface area contributed by atoms with Crippen molar-refractivity contribution in [3.63, 3.8) is 0 Å². The van der Waals surface area contributed by atoms with Crippen LogP contribution < -0.4 is 4.74 Å². The summed E-state index contributed by atoms with van der Waals surface area (Å²) >= 11 is 0. The van der Waals surface area contributed by atoms with E-state index >= 15 is 0 Å². The van der Waals surface area contributed by atoms with Crippen LogP contribution in [0.4, 0.5) is 0 Å². The molecule has 0 atom stereocenters. The first kappa shape index (κ1) is 27.2. The van der Waals surface area contributed by atoms with Crippen LogP contribution in [0.5, 0.6) is 5.75 Å². The molecular formula is C30H36O6. The summed E-state index contributed by atoms with van der Waals surface area (Å²) in [5, 5.41) is 0. The predicted octanol–water partition coefficient (Wildman–Crippen LogP) is 6.36. The van der Waals surface area contributed by atoms with Gasteiger partial charge in [-0.3, -0.25) is 4.79 Å². The Morgan fingerprint density at radius 3 is 2.19 bits per heavy atom. The van der Waals surface area contributed by atoms with Crippen LogP contribution in [0.15, 0.2) is 61.2 Å². The van der Waals surface area contributed by atoms with E-state index in [1.165, 1.54) is 31.2 Å². The second kappa shape index (κ2) is 14.2. The van der Waals surface area contributed by atoms with Crippen LogP contribution in [-0.4, -0.2) is 24.0 Å². The first-order valence-corrected chi connectivity index (χ1v) is 12.9. The molecule has 1 fully saturated rings. The highest BCUT2D eigenvalue weighted by Gasteiger charge is 2.29. The molecule has 1 aliphatic rings. The standard InChI is InChI=1S/C30H36O6/c1-3-5-6-7-8-22-9-13-24(14-10-22)29(32)36-27-19-15-25(16-20-27)30(33)35-26-17-11-23(12-18-26)21-34-28(31)4-2/h4,9-14,17-18,25,27H,2-3,5-8,15-16,19-21H2,1H3. The van der Waals surface area contributed by atoms with Gasteiger partial charge in [-0.05, 0) is 73.9 Å². The number of esters is 3. The summed E-state index contributed by atoms with van der Waals surface area (Å²) < 4.78 is 16.2. The number of carbonyl (C=O) groups excluding carboxylic acids is 3. The first-order chi connectivity index (χ1) is 17.5.